The normalized spacial score (nSPS) is 15.3. The summed E-state index contributed by atoms with van der Waals surface area (Å²) in [4.78, 5) is 28.4. The summed E-state index contributed by atoms with van der Waals surface area (Å²) in [5.74, 6) is -0.426. The molecule has 7 nitrogen and oxygen atoms in total. The first-order valence-electron chi connectivity index (χ1n) is 10.7. The number of hydrogen-bond acceptors (Lipinski definition) is 7. The van der Waals surface area contributed by atoms with Crippen LogP contribution in [-0.4, -0.2) is 22.7 Å². The largest absolute Gasteiger partial charge is 0.494 e. The Bertz CT molecular complexity index is 1410. The molecule has 1 amide bonds. The first kappa shape index (κ1) is 21.3. The lowest BCUT2D eigenvalue weighted by molar-refractivity contribution is 0.0970. The van der Waals surface area contributed by atoms with Crippen LogP contribution in [0.1, 0.15) is 53.0 Å². The topological polar surface area (TPSA) is 85.5 Å². The van der Waals surface area contributed by atoms with Gasteiger partial charge < -0.3 is 9.15 Å². The van der Waals surface area contributed by atoms with Crippen LogP contribution in [0.2, 0.25) is 0 Å². The maximum Gasteiger partial charge on any atom is 0.297 e. The SMILES string of the molecule is CCCc1nnc(N2C(=O)c3oc4ccc(F)cc4c(=O)c3[C@H]2c2ccc(OCC)cc2)s1. The predicted octanol–water partition coefficient (Wildman–Crippen LogP) is 4.88. The molecule has 3 heterocycles. The fourth-order valence-corrected chi connectivity index (χ4v) is 4.99. The van der Waals surface area contributed by atoms with Gasteiger partial charge in [0.25, 0.3) is 5.91 Å². The van der Waals surface area contributed by atoms with Crippen LogP contribution in [0.3, 0.4) is 0 Å². The first-order chi connectivity index (χ1) is 16.0. The minimum Gasteiger partial charge on any atom is -0.494 e. The van der Waals surface area contributed by atoms with E-state index in [0.717, 1.165) is 23.9 Å². The van der Waals surface area contributed by atoms with Gasteiger partial charge in [-0.05, 0) is 49.2 Å². The van der Waals surface area contributed by atoms with Gasteiger partial charge in [-0.3, -0.25) is 14.5 Å². The van der Waals surface area contributed by atoms with Gasteiger partial charge in [-0.25, -0.2) is 4.39 Å². The fraction of sp³-hybridized carbons (Fsp3) is 0.250. The van der Waals surface area contributed by atoms with Crippen molar-refractivity contribution in [3.05, 3.63) is 80.4 Å². The number of aromatic nitrogens is 2. The third-order valence-electron chi connectivity index (χ3n) is 5.47. The maximum atomic E-state index is 13.9. The van der Waals surface area contributed by atoms with Gasteiger partial charge >= 0.3 is 0 Å². The van der Waals surface area contributed by atoms with Crippen molar-refractivity contribution in [2.75, 3.05) is 11.5 Å². The Morgan fingerprint density at radius 2 is 1.91 bits per heavy atom. The van der Waals surface area contributed by atoms with Crippen LogP contribution >= 0.6 is 11.3 Å². The van der Waals surface area contributed by atoms with Crippen LogP contribution in [0.25, 0.3) is 11.0 Å². The number of fused-ring (bicyclic) bond motifs is 2. The highest BCUT2D eigenvalue weighted by molar-refractivity contribution is 7.15. The molecule has 1 aliphatic rings. The summed E-state index contributed by atoms with van der Waals surface area (Å²) in [6.07, 6.45) is 1.63. The Kier molecular flexibility index (Phi) is 5.41. The smallest absolute Gasteiger partial charge is 0.297 e. The van der Waals surface area contributed by atoms with Gasteiger partial charge in [-0.15, -0.1) is 10.2 Å². The zero-order valence-electron chi connectivity index (χ0n) is 18.0. The van der Waals surface area contributed by atoms with Crippen LogP contribution in [0.5, 0.6) is 5.75 Å². The molecule has 2 aromatic carbocycles. The average molecular weight is 466 g/mol. The molecule has 0 saturated heterocycles. The van der Waals surface area contributed by atoms with Gasteiger partial charge in [0, 0.05) is 6.42 Å². The molecule has 0 bridgehead atoms. The number of ether oxygens (including phenoxy) is 1. The molecular weight excluding hydrogens is 445 g/mol. The van der Waals surface area contributed by atoms with Crippen LogP contribution in [-0.2, 0) is 6.42 Å². The third-order valence-corrected chi connectivity index (χ3v) is 6.45. The highest BCUT2D eigenvalue weighted by Gasteiger charge is 2.45. The summed E-state index contributed by atoms with van der Waals surface area (Å²) >= 11 is 1.31. The lowest BCUT2D eigenvalue weighted by atomic mass is 9.98. The van der Waals surface area contributed by atoms with Gasteiger partial charge in [0.1, 0.15) is 22.2 Å². The highest BCUT2D eigenvalue weighted by Crippen LogP contribution is 2.42. The lowest BCUT2D eigenvalue weighted by Crippen LogP contribution is -2.29. The molecule has 2 aromatic heterocycles. The summed E-state index contributed by atoms with van der Waals surface area (Å²) in [7, 11) is 0. The molecule has 5 rings (SSSR count). The molecule has 1 aliphatic heterocycles. The van der Waals surface area contributed by atoms with Crippen molar-refractivity contribution >= 4 is 33.3 Å². The molecule has 0 radical (unpaired) electrons. The van der Waals surface area contributed by atoms with Crippen molar-refractivity contribution in [3.63, 3.8) is 0 Å². The summed E-state index contributed by atoms with van der Waals surface area (Å²) in [6.45, 7) is 4.44. The number of anilines is 1. The molecule has 0 fully saturated rings. The molecule has 0 aliphatic carbocycles. The zero-order valence-corrected chi connectivity index (χ0v) is 18.8. The van der Waals surface area contributed by atoms with Gasteiger partial charge in [-0.2, -0.15) is 0 Å². The number of halogens is 1. The van der Waals surface area contributed by atoms with E-state index in [0.29, 0.717) is 23.1 Å². The monoisotopic (exact) mass is 465 g/mol. The minimum absolute atomic E-state index is 0.0646. The second-order valence-electron chi connectivity index (χ2n) is 7.62. The second-order valence-corrected chi connectivity index (χ2v) is 8.66. The number of benzene rings is 2. The number of rotatable bonds is 6. The summed E-state index contributed by atoms with van der Waals surface area (Å²) in [6, 6.07) is 10.1. The molecular formula is C24H20FN3O4S. The van der Waals surface area contributed by atoms with Crippen molar-refractivity contribution in [1.29, 1.82) is 0 Å². The Labute approximate surface area is 192 Å². The number of hydrogen-bond donors (Lipinski definition) is 0. The van der Waals surface area contributed by atoms with E-state index < -0.39 is 23.2 Å². The summed E-state index contributed by atoms with van der Waals surface area (Å²) < 4.78 is 25.3. The Morgan fingerprint density at radius 1 is 1.12 bits per heavy atom. The van der Waals surface area contributed by atoms with Crippen LogP contribution in [0, 0.1) is 5.82 Å². The number of carbonyl (C=O) groups is 1. The van der Waals surface area contributed by atoms with E-state index in [-0.39, 0.29) is 22.3 Å². The molecule has 0 saturated carbocycles. The Morgan fingerprint density at radius 3 is 2.64 bits per heavy atom. The van der Waals surface area contributed by atoms with Gasteiger partial charge in [-0.1, -0.05) is 30.4 Å². The molecule has 0 spiro atoms. The molecule has 9 heteroatoms. The Hall–Kier alpha value is -3.59. The maximum absolute atomic E-state index is 13.9. The predicted molar refractivity (Wildman–Crippen MR) is 123 cm³/mol. The van der Waals surface area contributed by atoms with E-state index >= 15 is 0 Å². The minimum atomic E-state index is -0.783. The van der Waals surface area contributed by atoms with E-state index in [1.807, 2.05) is 13.8 Å². The summed E-state index contributed by atoms with van der Waals surface area (Å²) in [5.41, 5.74) is 0.555. The molecule has 4 aromatic rings. The number of aryl methyl sites for hydroxylation is 1. The number of amides is 1. The third kappa shape index (κ3) is 3.58. The van der Waals surface area contributed by atoms with E-state index in [2.05, 4.69) is 10.2 Å². The van der Waals surface area contributed by atoms with E-state index in [9.17, 15) is 14.0 Å². The standard InChI is InChI=1S/C24H20FN3O4S/c1-3-5-18-26-27-24(33-18)28-20(13-6-9-15(10-7-13)31-4-2)19-21(29)16-12-14(25)8-11-17(16)32-22(19)23(28)30/h6-12,20H,3-5H2,1-2H3/t20-/m1/s1. The van der Waals surface area contributed by atoms with Crippen molar-refractivity contribution in [2.24, 2.45) is 0 Å². The van der Waals surface area contributed by atoms with Gasteiger partial charge in [0.2, 0.25) is 10.9 Å². The number of nitrogens with zero attached hydrogens (tertiary/aromatic N) is 3. The molecule has 168 valence electrons. The quantitative estimate of drug-likeness (QED) is 0.403. The van der Waals surface area contributed by atoms with Crippen LogP contribution < -0.4 is 15.1 Å². The molecule has 0 unspecified atom stereocenters. The zero-order chi connectivity index (χ0) is 23.1. The van der Waals surface area contributed by atoms with Crippen molar-refractivity contribution in [3.8, 4) is 5.75 Å². The fourth-order valence-electron chi connectivity index (χ4n) is 4.03. The van der Waals surface area contributed by atoms with E-state index in [1.54, 1.807) is 24.3 Å². The number of carbonyl (C=O) groups excluding carboxylic acids is 1. The molecule has 33 heavy (non-hydrogen) atoms. The van der Waals surface area contributed by atoms with Crippen molar-refractivity contribution in [1.82, 2.24) is 10.2 Å². The van der Waals surface area contributed by atoms with Crippen LogP contribution in [0.4, 0.5) is 9.52 Å². The van der Waals surface area contributed by atoms with Gasteiger partial charge in [0.05, 0.1) is 23.6 Å². The summed E-state index contributed by atoms with van der Waals surface area (Å²) in [5, 5.41) is 9.70. The lowest BCUT2D eigenvalue weighted by Gasteiger charge is -2.22. The first-order valence-corrected chi connectivity index (χ1v) is 11.5. The molecule has 1 atom stereocenters. The highest BCUT2D eigenvalue weighted by atomic mass is 32.1. The van der Waals surface area contributed by atoms with Gasteiger partial charge in [0.15, 0.2) is 5.43 Å². The van der Waals surface area contributed by atoms with E-state index in [1.165, 1.54) is 28.4 Å². The van der Waals surface area contributed by atoms with Crippen LogP contribution in [0.15, 0.2) is 51.7 Å². The van der Waals surface area contributed by atoms with Crippen molar-refractivity contribution < 1.29 is 18.3 Å². The van der Waals surface area contributed by atoms with E-state index in [4.69, 9.17) is 9.15 Å². The van der Waals surface area contributed by atoms with Crippen molar-refractivity contribution in [2.45, 2.75) is 32.7 Å². The average Bonchev–Trinajstić information content (AvgIpc) is 3.38. The molecule has 0 N–H and O–H groups in total. The second kappa shape index (κ2) is 8.40. The Balaban J connectivity index is 1.72.